The molecule has 0 aliphatic heterocycles. The molecule has 0 bridgehead atoms. The highest BCUT2D eigenvalue weighted by molar-refractivity contribution is 6.36. The quantitative estimate of drug-likeness (QED) is 0.502. The molecule has 0 saturated carbocycles. The van der Waals surface area contributed by atoms with Gasteiger partial charge in [0.2, 0.25) is 0 Å². The summed E-state index contributed by atoms with van der Waals surface area (Å²) < 4.78 is 41.3. The summed E-state index contributed by atoms with van der Waals surface area (Å²) in [5.41, 5.74) is -1.97. The normalized spacial score (nSPS) is 11.8. The first kappa shape index (κ1) is 19.5. The maximum absolute atomic E-state index is 13.2. The molecule has 0 aliphatic rings. The summed E-state index contributed by atoms with van der Waals surface area (Å²) in [5, 5.41) is 20.1. The number of alkyl halides is 3. The highest BCUT2D eigenvalue weighted by Crippen LogP contribution is 2.32. The summed E-state index contributed by atoms with van der Waals surface area (Å²) in [4.78, 5) is 26.2. The lowest BCUT2D eigenvalue weighted by molar-refractivity contribution is -0.385. The van der Waals surface area contributed by atoms with E-state index in [2.05, 4.69) is 20.5 Å². The van der Waals surface area contributed by atoms with Crippen LogP contribution >= 0.6 is 11.6 Å². The average molecular weight is 418 g/mol. The Kier molecular flexibility index (Phi) is 4.93. The topological polar surface area (TPSA) is 120 Å². The molecule has 0 atom stereocenters. The van der Waals surface area contributed by atoms with Crippen molar-refractivity contribution in [2.45, 2.75) is 19.6 Å². The molecule has 0 spiro atoms. The van der Waals surface area contributed by atoms with Gasteiger partial charge < -0.3 is 5.32 Å². The molecule has 3 aromatic rings. The Balaban J connectivity index is 1.80. The van der Waals surface area contributed by atoms with Crippen molar-refractivity contribution in [1.82, 2.24) is 29.7 Å². The SMILES string of the molecule is Cc1cc(C(F)(F)F)n2nc(C(=O)NCCn3cc([N+](=O)[O-])cn3)c(Cl)c2n1. The largest absolute Gasteiger partial charge is 0.433 e. The predicted molar refractivity (Wildman–Crippen MR) is 89.0 cm³/mol. The van der Waals surface area contributed by atoms with Crippen LogP contribution in [0, 0.1) is 17.0 Å². The van der Waals surface area contributed by atoms with Gasteiger partial charge in [0, 0.05) is 12.2 Å². The van der Waals surface area contributed by atoms with Crippen molar-refractivity contribution in [3.63, 3.8) is 0 Å². The number of carbonyl (C=O) groups excluding carboxylic acids is 1. The van der Waals surface area contributed by atoms with E-state index in [0.717, 1.165) is 12.3 Å². The number of hydrogen-bond donors (Lipinski definition) is 1. The highest BCUT2D eigenvalue weighted by atomic mass is 35.5. The lowest BCUT2D eigenvalue weighted by Crippen LogP contribution is -2.28. The first-order valence-corrected chi connectivity index (χ1v) is 8.04. The van der Waals surface area contributed by atoms with Crippen molar-refractivity contribution in [3.8, 4) is 0 Å². The van der Waals surface area contributed by atoms with Gasteiger partial charge in [-0.1, -0.05) is 11.6 Å². The lowest BCUT2D eigenvalue weighted by Gasteiger charge is -2.09. The number of aromatic nitrogens is 5. The van der Waals surface area contributed by atoms with E-state index in [1.165, 1.54) is 17.8 Å². The van der Waals surface area contributed by atoms with Crippen LogP contribution in [0.3, 0.4) is 0 Å². The van der Waals surface area contributed by atoms with Crippen LogP contribution in [0.1, 0.15) is 21.9 Å². The number of nitro groups is 1. The number of halogens is 4. The third kappa shape index (κ3) is 3.74. The predicted octanol–water partition coefficient (Wildman–Crippen LogP) is 2.24. The van der Waals surface area contributed by atoms with Gasteiger partial charge in [-0.2, -0.15) is 23.4 Å². The van der Waals surface area contributed by atoms with E-state index in [1.54, 1.807) is 0 Å². The molecule has 0 unspecified atom stereocenters. The van der Waals surface area contributed by atoms with Crippen molar-refractivity contribution in [2.75, 3.05) is 6.54 Å². The van der Waals surface area contributed by atoms with Crippen molar-refractivity contribution >= 4 is 28.8 Å². The molecule has 148 valence electrons. The monoisotopic (exact) mass is 417 g/mol. The summed E-state index contributed by atoms with van der Waals surface area (Å²) in [5.74, 6) is -0.817. The lowest BCUT2D eigenvalue weighted by atomic mass is 10.3. The smallest absolute Gasteiger partial charge is 0.349 e. The average Bonchev–Trinajstić information content (AvgIpc) is 3.19. The number of hydrogen-bond acceptors (Lipinski definition) is 6. The maximum atomic E-state index is 13.2. The fourth-order valence-corrected chi connectivity index (χ4v) is 2.64. The van der Waals surface area contributed by atoms with E-state index >= 15 is 0 Å². The first-order valence-electron chi connectivity index (χ1n) is 7.66. The van der Waals surface area contributed by atoms with Gasteiger partial charge in [0.1, 0.15) is 23.1 Å². The molecule has 3 aromatic heterocycles. The molecule has 0 fully saturated rings. The van der Waals surface area contributed by atoms with Crippen LogP contribution < -0.4 is 5.32 Å². The van der Waals surface area contributed by atoms with Gasteiger partial charge in [-0.15, -0.1) is 0 Å². The van der Waals surface area contributed by atoms with Gasteiger partial charge in [-0.05, 0) is 13.0 Å². The third-order valence-corrected chi connectivity index (χ3v) is 3.97. The Hall–Kier alpha value is -3.22. The zero-order chi connectivity index (χ0) is 20.6. The standard InChI is InChI=1S/C14H11ClF3N7O3/c1-7-4-9(14(16,17)18)24-12(21-7)10(15)11(22-24)13(26)19-2-3-23-6-8(5-20-23)25(27)28/h4-6H,2-3H2,1H3,(H,19,26). The maximum Gasteiger partial charge on any atom is 0.433 e. The van der Waals surface area contributed by atoms with Crippen LogP contribution in [0.5, 0.6) is 0 Å². The van der Waals surface area contributed by atoms with E-state index < -0.39 is 28.4 Å². The number of nitrogens with one attached hydrogen (secondary N) is 1. The molecule has 28 heavy (non-hydrogen) atoms. The fraction of sp³-hybridized carbons (Fsp3) is 0.286. The molecule has 1 amide bonds. The zero-order valence-corrected chi connectivity index (χ0v) is 14.8. The minimum absolute atomic E-state index is 0.0134. The van der Waals surface area contributed by atoms with Crippen molar-refractivity contribution in [2.24, 2.45) is 0 Å². The molecule has 10 nitrogen and oxygen atoms in total. The van der Waals surface area contributed by atoms with E-state index in [0.29, 0.717) is 4.52 Å². The summed E-state index contributed by atoms with van der Waals surface area (Å²) in [7, 11) is 0. The molecular formula is C14H11ClF3N7O3. The number of carbonyl (C=O) groups is 1. The van der Waals surface area contributed by atoms with Crippen LogP contribution in [0.15, 0.2) is 18.5 Å². The number of fused-ring (bicyclic) bond motifs is 1. The number of rotatable bonds is 5. The van der Waals surface area contributed by atoms with Crippen LogP contribution in [-0.4, -0.2) is 41.8 Å². The van der Waals surface area contributed by atoms with Crippen molar-refractivity contribution in [1.29, 1.82) is 0 Å². The molecule has 0 aromatic carbocycles. The minimum atomic E-state index is -4.72. The third-order valence-electron chi connectivity index (χ3n) is 3.62. The Labute approximate surface area is 159 Å². The van der Waals surface area contributed by atoms with E-state index in [4.69, 9.17) is 11.6 Å². The Morgan fingerprint density at radius 3 is 2.75 bits per heavy atom. The second-order valence-electron chi connectivity index (χ2n) is 5.65. The summed E-state index contributed by atoms with van der Waals surface area (Å²) >= 11 is 6.01. The Morgan fingerprint density at radius 2 is 2.14 bits per heavy atom. The van der Waals surface area contributed by atoms with Crippen molar-refractivity contribution < 1.29 is 22.9 Å². The van der Waals surface area contributed by atoms with Crippen LogP contribution in [0.4, 0.5) is 18.9 Å². The molecule has 14 heteroatoms. The second kappa shape index (κ2) is 7.07. The minimum Gasteiger partial charge on any atom is -0.349 e. The van der Waals surface area contributed by atoms with E-state index in [9.17, 15) is 28.1 Å². The molecule has 0 aliphatic carbocycles. The van der Waals surface area contributed by atoms with Gasteiger partial charge in [0.15, 0.2) is 11.3 Å². The van der Waals surface area contributed by atoms with Gasteiger partial charge in [0.05, 0.1) is 11.5 Å². The molecule has 0 saturated heterocycles. The molecule has 1 N–H and O–H groups in total. The van der Waals surface area contributed by atoms with Gasteiger partial charge >= 0.3 is 11.9 Å². The van der Waals surface area contributed by atoms with Gasteiger partial charge in [-0.25, -0.2) is 9.50 Å². The van der Waals surface area contributed by atoms with Crippen molar-refractivity contribution in [3.05, 3.63) is 50.7 Å². The molecule has 3 rings (SSSR count). The molecular weight excluding hydrogens is 407 g/mol. The summed E-state index contributed by atoms with van der Waals surface area (Å²) in [6.45, 7) is 1.44. The Morgan fingerprint density at radius 1 is 1.43 bits per heavy atom. The first-order chi connectivity index (χ1) is 13.1. The van der Waals surface area contributed by atoms with E-state index in [1.807, 2.05) is 0 Å². The molecule has 3 heterocycles. The Bertz CT molecular complexity index is 1080. The summed E-state index contributed by atoms with van der Waals surface area (Å²) in [6, 6.07) is 0.794. The summed E-state index contributed by atoms with van der Waals surface area (Å²) in [6.07, 6.45) is -2.50. The number of nitrogens with zero attached hydrogens (tertiary/aromatic N) is 6. The zero-order valence-electron chi connectivity index (χ0n) is 14.1. The molecule has 0 radical (unpaired) electrons. The van der Waals surface area contributed by atoms with Crippen LogP contribution in [0.2, 0.25) is 5.02 Å². The van der Waals surface area contributed by atoms with Crippen LogP contribution in [-0.2, 0) is 12.7 Å². The van der Waals surface area contributed by atoms with E-state index in [-0.39, 0.29) is 35.1 Å². The second-order valence-corrected chi connectivity index (χ2v) is 6.03. The number of amides is 1. The fourth-order valence-electron chi connectivity index (χ4n) is 2.40. The van der Waals surface area contributed by atoms with Gasteiger partial charge in [0.25, 0.3) is 5.91 Å². The number of aryl methyl sites for hydroxylation is 1. The van der Waals surface area contributed by atoms with Crippen LogP contribution in [0.25, 0.3) is 5.65 Å². The highest BCUT2D eigenvalue weighted by Gasteiger charge is 2.36. The van der Waals surface area contributed by atoms with Gasteiger partial charge in [-0.3, -0.25) is 19.6 Å².